The van der Waals surface area contributed by atoms with Crippen LogP contribution in [0.25, 0.3) is 33.6 Å². The summed E-state index contributed by atoms with van der Waals surface area (Å²) < 4.78 is 7.69. The summed E-state index contributed by atoms with van der Waals surface area (Å²) in [6.45, 7) is 10.4. The maximum atomic E-state index is 10.3. The number of ether oxygens (including phenoxy) is 1. The summed E-state index contributed by atoms with van der Waals surface area (Å²) in [4.78, 5) is 18.1. The summed E-state index contributed by atoms with van der Waals surface area (Å²) in [5, 5.41) is 15.8. The molecule has 0 amide bonds. The van der Waals surface area contributed by atoms with Crippen LogP contribution < -0.4 is 4.90 Å². The highest BCUT2D eigenvalue weighted by Crippen LogP contribution is 2.41. The van der Waals surface area contributed by atoms with Gasteiger partial charge in [-0.1, -0.05) is 12.6 Å². The quantitative estimate of drug-likeness (QED) is 0.374. The van der Waals surface area contributed by atoms with Crippen LogP contribution in [0.4, 0.5) is 5.82 Å². The molecule has 1 aromatic carbocycles. The first-order valence-electron chi connectivity index (χ1n) is 14.0. The maximum absolute atomic E-state index is 10.3. The molecule has 2 fully saturated rings. The van der Waals surface area contributed by atoms with Gasteiger partial charge < -0.3 is 24.6 Å². The largest absolute Gasteiger partial charge is 0.389 e. The molecule has 0 spiro atoms. The van der Waals surface area contributed by atoms with Gasteiger partial charge in [-0.05, 0) is 56.4 Å². The molecule has 9 heteroatoms. The molecule has 5 heterocycles. The van der Waals surface area contributed by atoms with Gasteiger partial charge >= 0.3 is 0 Å². The predicted octanol–water partition coefficient (Wildman–Crippen LogP) is 4.51. The van der Waals surface area contributed by atoms with Crippen LogP contribution in [0.5, 0.6) is 0 Å². The van der Waals surface area contributed by atoms with Crippen molar-refractivity contribution in [2.45, 2.75) is 44.9 Å². The first-order chi connectivity index (χ1) is 19.2. The zero-order valence-corrected chi connectivity index (χ0v) is 23.3. The minimum atomic E-state index is -0.867. The Morgan fingerprint density at radius 2 is 2.02 bits per heavy atom. The molecule has 1 aliphatic carbocycles. The Labute approximate surface area is 233 Å². The number of fused-ring (bicyclic) bond motifs is 2. The molecule has 9 nitrogen and oxygen atoms in total. The van der Waals surface area contributed by atoms with Gasteiger partial charge in [0.25, 0.3) is 0 Å². The van der Waals surface area contributed by atoms with E-state index in [0.717, 1.165) is 63.5 Å². The lowest BCUT2D eigenvalue weighted by molar-refractivity contribution is 0.0577. The van der Waals surface area contributed by atoms with Crippen LogP contribution in [0.2, 0.25) is 0 Å². The van der Waals surface area contributed by atoms with E-state index in [2.05, 4.69) is 56.9 Å². The molecule has 2 N–H and O–H groups in total. The fourth-order valence-electron chi connectivity index (χ4n) is 5.93. The van der Waals surface area contributed by atoms with Gasteiger partial charge in [0.1, 0.15) is 5.82 Å². The van der Waals surface area contributed by atoms with Gasteiger partial charge in [-0.3, -0.25) is 4.68 Å². The van der Waals surface area contributed by atoms with Crippen LogP contribution in [0.15, 0.2) is 55.6 Å². The van der Waals surface area contributed by atoms with E-state index in [1.165, 1.54) is 12.8 Å². The van der Waals surface area contributed by atoms with E-state index in [-0.39, 0.29) is 0 Å². The molecule has 3 aliphatic rings. The van der Waals surface area contributed by atoms with Crippen molar-refractivity contribution in [1.82, 2.24) is 29.6 Å². The average molecular weight is 538 g/mol. The van der Waals surface area contributed by atoms with Crippen LogP contribution in [0.3, 0.4) is 0 Å². The van der Waals surface area contributed by atoms with E-state index >= 15 is 0 Å². The Bertz CT molecular complexity index is 1640. The number of morpholine rings is 1. The van der Waals surface area contributed by atoms with Crippen molar-refractivity contribution in [3.8, 4) is 11.4 Å². The molecular formula is C31H35N7O2. The highest BCUT2D eigenvalue weighted by Gasteiger charge is 2.38. The van der Waals surface area contributed by atoms with E-state index in [0.29, 0.717) is 30.9 Å². The van der Waals surface area contributed by atoms with Gasteiger partial charge in [-0.25, -0.2) is 9.97 Å². The zero-order valence-electron chi connectivity index (χ0n) is 23.3. The van der Waals surface area contributed by atoms with E-state index < -0.39 is 5.60 Å². The summed E-state index contributed by atoms with van der Waals surface area (Å²) in [7, 11) is 2.03. The fourth-order valence-corrected chi connectivity index (χ4v) is 5.93. The number of aliphatic hydroxyl groups is 1. The number of aromatic nitrogens is 5. The predicted molar refractivity (Wildman–Crippen MR) is 156 cm³/mol. The Kier molecular flexibility index (Phi) is 5.83. The topological polar surface area (TPSA) is 95.3 Å². The standard InChI is InChI=1S/C31H35N7O2/c1-19-28-23(9-10-32-28)25(16-36(19)4)21-7-8-26-24(13-21)30(38-11-12-40-17-27(38)20-5-6-20)35-29(34-26)22-14-33-37(15-22)18-31(2,3)39/h7-10,13-16,20,27,32,39H,1,5-6,11-12,17-18H2,2-4H3/t27-/m1/s1. The summed E-state index contributed by atoms with van der Waals surface area (Å²) in [5.41, 5.74) is 6.23. The smallest absolute Gasteiger partial charge is 0.165 e. The number of nitrogens with one attached hydrogen (secondary N) is 1. The molecule has 4 aromatic rings. The fraction of sp³-hybridized carbons (Fsp3) is 0.387. The van der Waals surface area contributed by atoms with Crippen molar-refractivity contribution in [2.75, 3.05) is 31.7 Å². The number of rotatable bonds is 6. The molecule has 1 saturated heterocycles. The summed E-state index contributed by atoms with van der Waals surface area (Å²) >= 11 is 0. The number of hydrogen-bond donors (Lipinski definition) is 2. The van der Waals surface area contributed by atoms with Crippen LogP contribution in [-0.4, -0.2) is 73.2 Å². The molecule has 0 bridgehead atoms. The van der Waals surface area contributed by atoms with E-state index in [9.17, 15) is 5.11 Å². The average Bonchev–Trinajstić information content (AvgIpc) is 3.48. The van der Waals surface area contributed by atoms with Crippen molar-refractivity contribution >= 4 is 28.0 Å². The van der Waals surface area contributed by atoms with Gasteiger partial charge in [0.15, 0.2) is 5.82 Å². The molecule has 0 unspecified atom stereocenters. The number of anilines is 1. The van der Waals surface area contributed by atoms with Gasteiger partial charge in [-0.2, -0.15) is 5.10 Å². The minimum Gasteiger partial charge on any atom is -0.389 e. The van der Waals surface area contributed by atoms with E-state index in [1.54, 1.807) is 24.7 Å². The molecule has 1 saturated carbocycles. The molecular weight excluding hydrogens is 502 g/mol. The third-order valence-electron chi connectivity index (χ3n) is 8.10. The van der Waals surface area contributed by atoms with Gasteiger partial charge in [0.2, 0.25) is 0 Å². The highest BCUT2D eigenvalue weighted by atomic mass is 16.5. The molecule has 1 atom stereocenters. The van der Waals surface area contributed by atoms with Crippen molar-refractivity contribution in [1.29, 1.82) is 0 Å². The lowest BCUT2D eigenvalue weighted by atomic mass is 9.94. The second-order valence-electron chi connectivity index (χ2n) is 11.9. The Morgan fingerprint density at radius 3 is 2.83 bits per heavy atom. The van der Waals surface area contributed by atoms with Crippen LogP contribution in [-0.2, 0) is 11.3 Å². The number of benzene rings is 1. The van der Waals surface area contributed by atoms with Crippen LogP contribution in [0, 0.1) is 5.92 Å². The van der Waals surface area contributed by atoms with Crippen LogP contribution in [0.1, 0.15) is 43.5 Å². The Hall–Kier alpha value is -3.95. The zero-order chi connectivity index (χ0) is 27.6. The summed E-state index contributed by atoms with van der Waals surface area (Å²) in [6.07, 6.45) is 10.3. The second-order valence-corrected chi connectivity index (χ2v) is 11.9. The third kappa shape index (κ3) is 4.49. The first kappa shape index (κ1) is 25.0. The van der Waals surface area contributed by atoms with Gasteiger partial charge in [-0.15, -0.1) is 0 Å². The molecule has 40 heavy (non-hydrogen) atoms. The second kappa shape index (κ2) is 9.31. The van der Waals surface area contributed by atoms with Gasteiger partial charge in [0, 0.05) is 48.7 Å². The summed E-state index contributed by atoms with van der Waals surface area (Å²) in [5.74, 6) is 2.22. The molecule has 3 aromatic heterocycles. The highest BCUT2D eigenvalue weighted by molar-refractivity contribution is 5.97. The molecule has 0 radical (unpaired) electrons. The molecule has 7 rings (SSSR count). The monoisotopic (exact) mass is 537 g/mol. The molecule has 206 valence electrons. The van der Waals surface area contributed by atoms with Crippen molar-refractivity contribution < 1.29 is 9.84 Å². The normalized spacial score (nSPS) is 19.8. The summed E-state index contributed by atoms with van der Waals surface area (Å²) in [6, 6.07) is 8.89. The van der Waals surface area contributed by atoms with Crippen molar-refractivity contribution in [2.24, 2.45) is 5.92 Å². The number of aromatic amines is 1. The third-order valence-corrected chi connectivity index (χ3v) is 8.10. The number of nitrogens with zero attached hydrogens (tertiary/aromatic N) is 6. The maximum Gasteiger partial charge on any atom is 0.165 e. The molecule has 2 aliphatic heterocycles. The van der Waals surface area contributed by atoms with Crippen LogP contribution >= 0.6 is 0 Å². The minimum absolute atomic E-state index is 0.306. The van der Waals surface area contributed by atoms with E-state index in [4.69, 9.17) is 14.7 Å². The van der Waals surface area contributed by atoms with Crippen molar-refractivity contribution in [3.05, 3.63) is 72.5 Å². The SMILES string of the molecule is C=C1c2[nH]ccc2C(c2ccc3nc(-c4cnn(CC(C)(C)O)c4)nc(N4CCOC[C@@H]4C4CC4)c3c2)=CN1C. The number of hydrogen-bond acceptors (Lipinski definition) is 7. The lowest BCUT2D eigenvalue weighted by Crippen LogP contribution is -2.47. The van der Waals surface area contributed by atoms with Crippen molar-refractivity contribution in [3.63, 3.8) is 0 Å². The van der Waals surface area contributed by atoms with Gasteiger partial charge in [0.05, 0.1) is 60.1 Å². The lowest BCUT2D eigenvalue weighted by Gasteiger charge is -2.37. The number of H-pyrrole nitrogens is 1. The first-order valence-corrected chi connectivity index (χ1v) is 14.0. The Balaban J connectivity index is 1.37. The Morgan fingerprint density at radius 1 is 1.18 bits per heavy atom. The van der Waals surface area contributed by atoms with E-state index in [1.807, 2.05) is 19.4 Å².